The number of hydrogen-bond donors (Lipinski definition) is 1. The Bertz CT molecular complexity index is 1170. The van der Waals surface area contributed by atoms with Crippen LogP contribution in [0.2, 0.25) is 0 Å². The van der Waals surface area contributed by atoms with Crippen molar-refractivity contribution >= 4 is 11.0 Å². The molecule has 5 rings (SSSR count). The van der Waals surface area contributed by atoms with Gasteiger partial charge in [0.15, 0.2) is 5.76 Å². The molecule has 136 valence electrons. The molecule has 6 nitrogen and oxygen atoms in total. The summed E-state index contributed by atoms with van der Waals surface area (Å²) in [6.07, 6.45) is 2.87. The van der Waals surface area contributed by atoms with E-state index in [0.29, 0.717) is 17.5 Å². The Hall–Kier alpha value is -2.99. The predicted octanol–water partition coefficient (Wildman–Crippen LogP) is 4.12. The van der Waals surface area contributed by atoms with Gasteiger partial charge in [-0.1, -0.05) is 16.8 Å². The monoisotopic (exact) mass is 360 g/mol. The largest absolute Gasteiger partial charge is 0.451 e. The normalized spacial score (nSPS) is 13.9. The topological polar surface area (TPSA) is 77.0 Å². The Balaban J connectivity index is 1.63. The molecule has 0 atom stereocenters. The number of nitrogens with zero attached hydrogens (tertiary/aromatic N) is 3. The first-order valence-corrected chi connectivity index (χ1v) is 9.14. The summed E-state index contributed by atoms with van der Waals surface area (Å²) in [7, 11) is 0. The van der Waals surface area contributed by atoms with Crippen LogP contribution in [0.25, 0.3) is 34.0 Å². The van der Waals surface area contributed by atoms with Crippen LogP contribution in [0.1, 0.15) is 27.9 Å². The SMILES string of the molecule is Cc1ccc2oc(-c3nc(-c4c(C)ncc5c4CCNC5)no3)c(C)c2c1. The van der Waals surface area contributed by atoms with Crippen LogP contribution >= 0.6 is 0 Å². The number of hydrogen-bond acceptors (Lipinski definition) is 6. The van der Waals surface area contributed by atoms with Gasteiger partial charge in [-0.05, 0) is 57.0 Å². The lowest BCUT2D eigenvalue weighted by Gasteiger charge is -2.19. The summed E-state index contributed by atoms with van der Waals surface area (Å²) >= 11 is 0. The lowest BCUT2D eigenvalue weighted by molar-refractivity contribution is 0.419. The van der Waals surface area contributed by atoms with Crippen LogP contribution in [0.3, 0.4) is 0 Å². The molecule has 0 radical (unpaired) electrons. The summed E-state index contributed by atoms with van der Waals surface area (Å²) in [5, 5.41) is 8.71. The summed E-state index contributed by atoms with van der Waals surface area (Å²) in [6, 6.07) is 6.13. The van der Waals surface area contributed by atoms with Crippen molar-refractivity contribution in [3.8, 4) is 23.0 Å². The molecular weight excluding hydrogens is 340 g/mol. The number of furan rings is 1. The molecule has 1 aromatic carbocycles. The van der Waals surface area contributed by atoms with Crippen LogP contribution < -0.4 is 5.32 Å². The first kappa shape index (κ1) is 16.2. The summed E-state index contributed by atoms with van der Waals surface area (Å²) in [5.41, 5.74) is 7.38. The Morgan fingerprint density at radius 2 is 2.04 bits per heavy atom. The molecule has 0 saturated heterocycles. The van der Waals surface area contributed by atoms with E-state index in [9.17, 15) is 0 Å². The first-order valence-electron chi connectivity index (χ1n) is 9.14. The van der Waals surface area contributed by atoms with Crippen LogP contribution in [-0.2, 0) is 13.0 Å². The average Bonchev–Trinajstić information content (AvgIpc) is 3.27. The van der Waals surface area contributed by atoms with Crippen LogP contribution in [0.5, 0.6) is 0 Å². The van der Waals surface area contributed by atoms with Gasteiger partial charge < -0.3 is 14.3 Å². The molecule has 0 unspecified atom stereocenters. The Labute approximate surface area is 156 Å². The van der Waals surface area contributed by atoms with Crippen molar-refractivity contribution in [2.24, 2.45) is 0 Å². The standard InChI is InChI=1S/C21H20N4O2/c1-11-4-5-17-16(8-11)12(2)19(26-17)21-24-20(25-27-21)18-13(3)23-10-14-9-22-7-6-15(14)18/h4-5,8,10,22H,6-7,9H2,1-3H3. The number of aromatic nitrogens is 3. The zero-order chi connectivity index (χ0) is 18.5. The van der Waals surface area contributed by atoms with Gasteiger partial charge in [0.1, 0.15) is 5.58 Å². The van der Waals surface area contributed by atoms with Gasteiger partial charge in [-0.25, -0.2) is 0 Å². The minimum Gasteiger partial charge on any atom is -0.451 e. The highest BCUT2D eigenvalue weighted by molar-refractivity contribution is 5.87. The molecule has 4 heterocycles. The molecule has 0 fully saturated rings. The third-order valence-corrected chi connectivity index (χ3v) is 5.27. The van der Waals surface area contributed by atoms with Crippen LogP contribution in [-0.4, -0.2) is 21.7 Å². The Morgan fingerprint density at radius 1 is 1.15 bits per heavy atom. The van der Waals surface area contributed by atoms with E-state index in [0.717, 1.165) is 47.3 Å². The van der Waals surface area contributed by atoms with Crippen molar-refractivity contribution in [1.29, 1.82) is 0 Å². The third kappa shape index (κ3) is 2.56. The van der Waals surface area contributed by atoms with E-state index in [2.05, 4.69) is 33.4 Å². The number of pyridine rings is 1. The molecule has 1 aliphatic heterocycles. The molecule has 0 spiro atoms. The van der Waals surface area contributed by atoms with Crippen LogP contribution in [0.4, 0.5) is 0 Å². The van der Waals surface area contributed by atoms with Gasteiger partial charge in [0.25, 0.3) is 5.89 Å². The lowest BCUT2D eigenvalue weighted by atomic mass is 9.95. The fraction of sp³-hybridized carbons (Fsp3) is 0.286. The second-order valence-electron chi connectivity index (χ2n) is 7.13. The van der Waals surface area contributed by atoms with Crippen molar-refractivity contribution in [3.63, 3.8) is 0 Å². The van der Waals surface area contributed by atoms with E-state index in [-0.39, 0.29) is 0 Å². The smallest absolute Gasteiger partial charge is 0.294 e. The van der Waals surface area contributed by atoms with Gasteiger partial charge in [-0.3, -0.25) is 4.98 Å². The number of nitrogens with one attached hydrogen (secondary N) is 1. The van der Waals surface area contributed by atoms with Crippen molar-refractivity contribution in [1.82, 2.24) is 20.4 Å². The molecule has 1 aliphatic rings. The predicted molar refractivity (Wildman–Crippen MR) is 102 cm³/mol. The van der Waals surface area contributed by atoms with Gasteiger partial charge in [0, 0.05) is 34.9 Å². The molecule has 1 N–H and O–H groups in total. The second kappa shape index (κ2) is 6.03. The highest BCUT2D eigenvalue weighted by Gasteiger charge is 2.23. The van der Waals surface area contributed by atoms with Gasteiger partial charge in [-0.2, -0.15) is 4.98 Å². The minimum atomic E-state index is 0.405. The van der Waals surface area contributed by atoms with Gasteiger partial charge in [-0.15, -0.1) is 0 Å². The summed E-state index contributed by atoms with van der Waals surface area (Å²) < 4.78 is 11.6. The molecule has 27 heavy (non-hydrogen) atoms. The third-order valence-electron chi connectivity index (χ3n) is 5.27. The average molecular weight is 360 g/mol. The number of aryl methyl sites for hydroxylation is 3. The van der Waals surface area contributed by atoms with Gasteiger partial charge >= 0.3 is 0 Å². The first-order chi connectivity index (χ1) is 13.1. The second-order valence-corrected chi connectivity index (χ2v) is 7.13. The summed E-state index contributed by atoms with van der Waals surface area (Å²) in [6.45, 7) is 7.84. The van der Waals surface area contributed by atoms with Gasteiger partial charge in [0.05, 0.1) is 0 Å². The summed E-state index contributed by atoms with van der Waals surface area (Å²) in [4.78, 5) is 9.19. The van der Waals surface area contributed by atoms with E-state index in [4.69, 9.17) is 8.94 Å². The van der Waals surface area contributed by atoms with Crippen molar-refractivity contribution < 1.29 is 8.94 Å². The molecular formula is C21H20N4O2. The Kier molecular flexibility index (Phi) is 3.62. The van der Waals surface area contributed by atoms with Gasteiger partial charge in [0.2, 0.25) is 5.82 Å². The van der Waals surface area contributed by atoms with E-state index < -0.39 is 0 Å². The maximum atomic E-state index is 6.01. The fourth-order valence-electron chi connectivity index (χ4n) is 3.82. The molecule has 6 heteroatoms. The minimum absolute atomic E-state index is 0.405. The van der Waals surface area contributed by atoms with E-state index in [1.54, 1.807) is 0 Å². The zero-order valence-electron chi connectivity index (χ0n) is 15.6. The van der Waals surface area contributed by atoms with E-state index >= 15 is 0 Å². The zero-order valence-corrected chi connectivity index (χ0v) is 15.6. The maximum absolute atomic E-state index is 6.01. The van der Waals surface area contributed by atoms with Crippen molar-refractivity contribution in [2.45, 2.75) is 33.7 Å². The molecule has 3 aromatic heterocycles. The van der Waals surface area contributed by atoms with Crippen LogP contribution in [0, 0.1) is 20.8 Å². The highest BCUT2D eigenvalue weighted by atomic mass is 16.5. The maximum Gasteiger partial charge on any atom is 0.294 e. The van der Waals surface area contributed by atoms with E-state index in [1.807, 2.05) is 32.2 Å². The number of fused-ring (bicyclic) bond motifs is 2. The quantitative estimate of drug-likeness (QED) is 0.579. The molecule has 4 aromatic rings. The van der Waals surface area contributed by atoms with Crippen molar-refractivity contribution in [3.05, 3.63) is 52.3 Å². The molecule has 0 aliphatic carbocycles. The highest BCUT2D eigenvalue weighted by Crippen LogP contribution is 2.35. The fourth-order valence-corrected chi connectivity index (χ4v) is 3.82. The van der Waals surface area contributed by atoms with Crippen LogP contribution in [0.15, 0.2) is 33.3 Å². The molecule has 0 amide bonds. The Morgan fingerprint density at radius 3 is 2.93 bits per heavy atom. The molecule has 0 saturated carbocycles. The number of rotatable bonds is 2. The lowest BCUT2D eigenvalue weighted by Crippen LogP contribution is -2.24. The number of benzene rings is 1. The molecule has 0 bridgehead atoms. The summed E-state index contributed by atoms with van der Waals surface area (Å²) in [5.74, 6) is 1.61. The van der Waals surface area contributed by atoms with Crippen molar-refractivity contribution in [2.75, 3.05) is 6.54 Å². The van der Waals surface area contributed by atoms with E-state index in [1.165, 1.54) is 16.7 Å².